The Bertz CT molecular complexity index is 527. The first-order valence-corrected chi connectivity index (χ1v) is 6.84. The molecule has 1 aromatic carbocycles. The van der Waals surface area contributed by atoms with Crippen LogP contribution in [0.5, 0.6) is 0 Å². The number of halogens is 1. The average Bonchev–Trinajstić information content (AvgIpc) is 2.42. The monoisotopic (exact) mass is 263 g/mol. The number of aryl methyl sites for hydroxylation is 1. The zero-order chi connectivity index (χ0) is 13.0. The van der Waals surface area contributed by atoms with Crippen LogP contribution in [0, 0.1) is 6.92 Å². The van der Waals surface area contributed by atoms with Gasteiger partial charge in [-0.05, 0) is 20.3 Å². The van der Waals surface area contributed by atoms with E-state index in [1.807, 2.05) is 19.1 Å². The van der Waals surface area contributed by atoms with E-state index in [2.05, 4.69) is 34.2 Å². The highest BCUT2D eigenvalue weighted by Gasteiger charge is 2.11. The van der Waals surface area contributed by atoms with Gasteiger partial charge >= 0.3 is 0 Å². The van der Waals surface area contributed by atoms with Gasteiger partial charge in [-0.25, -0.2) is 0 Å². The molecule has 2 aromatic rings. The number of benzene rings is 1. The number of fused-ring (bicyclic) bond motifs is 1. The summed E-state index contributed by atoms with van der Waals surface area (Å²) in [6, 6.07) is 8.28. The Morgan fingerprint density at radius 1 is 1.17 bits per heavy atom. The highest BCUT2D eigenvalue weighted by molar-refractivity contribution is 6.17. The topological polar surface area (TPSA) is 29.0 Å². The molecule has 1 aromatic heterocycles. The van der Waals surface area contributed by atoms with Gasteiger partial charge in [0, 0.05) is 29.7 Å². The van der Waals surface area contributed by atoms with Gasteiger partial charge in [0.2, 0.25) is 0 Å². The Balaban J connectivity index is 2.46. The van der Waals surface area contributed by atoms with Gasteiger partial charge in [-0.2, -0.15) is 5.10 Å². The molecular weight excluding hydrogens is 246 g/mol. The Labute approximate surface area is 113 Å². The van der Waals surface area contributed by atoms with E-state index in [4.69, 9.17) is 11.6 Å². The van der Waals surface area contributed by atoms with Gasteiger partial charge in [-0.1, -0.05) is 24.3 Å². The number of aromatic nitrogens is 2. The van der Waals surface area contributed by atoms with Gasteiger partial charge < -0.3 is 4.90 Å². The molecule has 0 fully saturated rings. The summed E-state index contributed by atoms with van der Waals surface area (Å²) in [5.41, 5.74) is 0.975. The first-order valence-electron chi connectivity index (χ1n) is 6.30. The summed E-state index contributed by atoms with van der Waals surface area (Å²) in [5, 5.41) is 11.0. The van der Waals surface area contributed by atoms with Crippen molar-refractivity contribution in [1.29, 1.82) is 0 Å². The lowest BCUT2D eigenvalue weighted by Gasteiger charge is -2.22. The van der Waals surface area contributed by atoms with E-state index in [9.17, 15) is 0 Å². The molecule has 0 saturated heterocycles. The maximum absolute atomic E-state index is 5.77. The van der Waals surface area contributed by atoms with E-state index < -0.39 is 0 Å². The van der Waals surface area contributed by atoms with Crippen LogP contribution in [-0.4, -0.2) is 29.2 Å². The van der Waals surface area contributed by atoms with Crippen LogP contribution in [0.2, 0.25) is 0 Å². The van der Waals surface area contributed by atoms with Gasteiger partial charge in [0.1, 0.15) is 0 Å². The molecule has 0 radical (unpaired) electrons. The summed E-state index contributed by atoms with van der Waals surface area (Å²) in [4.78, 5) is 2.23. The highest BCUT2D eigenvalue weighted by Crippen LogP contribution is 2.25. The second-order valence-electron chi connectivity index (χ2n) is 4.28. The molecule has 0 aliphatic heterocycles. The second-order valence-corrected chi connectivity index (χ2v) is 4.65. The van der Waals surface area contributed by atoms with Crippen LogP contribution in [-0.2, 0) is 0 Å². The molecule has 96 valence electrons. The molecule has 1 heterocycles. The molecule has 0 aliphatic carbocycles. The Morgan fingerprint density at radius 3 is 2.56 bits per heavy atom. The van der Waals surface area contributed by atoms with Crippen molar-refractivity contribution in [3.8, 4) is 0 Å². The van der Waals surface area contributed by atoms with Gasteiger partial charge in [0.25, 0.3) is 0 Å². The molecule has 0 N–H and O–H groups in total. The van der Waals surface area contributed by atoms with Crippen molar-refractivity contribution in [2.24, 2.45) is 0 Å². The van der Waals surface area contributed by atoms with Gasteiger partial charge in [0.15, 0.2) is 5.82 Å². The van der Waals surface area contributed by atoms with E-state index in [-0.39, 0.29) is 0 Å². The lowest BCUT2D eigenvalue weighted by Crippen LogP contribution is -2.26. The minimum atomic E-state index is 0.674. The summed E-state index contributed by atoms with van der Waals surface area (Å²) >= 11 is 5.77. The molecule has 0 unspecified atom stereocenters. The number of hydrogen-bond donors (Lipinski definition) is 0. The van der Waals surface area contributed by atoms with Crippen LogP contribution in [0.25, 0.3) is 10.8 Å². The summed E-state index contributed by atoms with van der Waals surface area (Å²) in [5.74, 6) is 1.64. The molecule has 0 atom stereocenters. The second kappa shape index (κ2) is 6.01. The minimum Gasteiger partial charge on any atom is -0.355 e. The van der Waals surface area contributed by atoms with Crippen molar-refractivity contribution < 1.29 is 0 Å². The fourth-order valence-electron chi connectivity index (χ4n) is 2.12. The normalized spacial score (nSPS) is 10.8. The summed E-state index contributed by atoms with van der Waals surface area (Å²) < 4.78 is 0. The number of anilines is 1. The van der Waals surface area contributed by atoms with Crippen LogP contribution < -0.4 is 4.90 Å². The minimum absolute atomic E-state index is 0.674. The highest BCUT2D eigenvalue weighted by atomic mass is 35.5. The van der Waals surface area contributed by atoms with Crippen molar-refractivity contribution in [3.63, 3.8) is 0 Å². The molecule has 4 heteroatoms. The van der Waals surface area contributed by atoms with Gasteiger partial charge in [0.05, 0.1) is 5.69 Å². The molecule has 0 spiro atoms. The average molecular weight is 264 g/mol. The number of nitrogens with zero attached hydrogens (tertiary/aromatic N) is 3. The summed E-state index contributed by atoms with van der Waals surface area (Å²) in [7, 11) is 0. The Morgan fingerprint density at radius 2 is 1.89 bits per heavy atom. The fourth-order valence-corrected chi connectivity index (χ4v) is 2.24. The van der Waals surface area contributed by atoms with Crippen molar-refractivity contribution in [3.05, 3.63) is 30.0 Å². The maximum Gasteiger partial charge on any atom is 0.159 e. The van der Waals surface area contributed by atoms with Crippen molar-refractivity contribution in [1.82, 2.24) is 10.2 Å². The van der Waals surface area contributed by atoms with Crippen molar-refractivity contribution >= 4 is 28.2 Å². The number of rotatable bonds is 5. The summed E-state index contributed by atoms with van der Waals surface area (Å²) in [6.45, 7) is 5.96. The van der Waals surface area contributed by atoms with Crippen LogP contribution in [0.3, 0.4) is 0 Å². The van der Waals surface area contributed by atoms with Gasteiger partial charge in [-0.15, -0.1) is 16.7 Å². The predicted octanol–water partition coefficient (Wildman–Crippen LogP) is 3.39. The van der Waals surface area contributed by atoms with Crippen molar-refractivity contribution in [2.75, 3.05) is 23.9 Å². The molecule has 18 heavy (non-hydrogen) atoms. The number of alkyl halides is 1. The largest absolute Gasteiger partial charge is 0.355 e. The quantitative estimate of drug-likeness (QED) is 0.775. The maximum atomic E-state index is 5.77. The third-order valence-electron chi connectivity index (χ3n) is 3.10. The molecule has 2 rings (SSSR count). The number of hydrogen-bond acceptors (Lipinski definition) is 3. The van der Waals surface area contributed by atoms with E-state index in [0.717, 1.165) is 31.0 Å². The standard InChI is InChI=1S/C14H18ClN3/c1-3-18(10-6-9-15)14-13-8-5-4-7-12(13)11(2)16-17-14/h4-5,7-8H,3,6,9-10H2,1-2H3. The van der Waals surface area contributed by atoms with Crippen LogP contribution >= 0.6 is 11.6 Å². The van der Waals surface area contributed by atoms with Gasteiger partial charge in [-0.3, -0.25) is 0 Å². The predicted molar refractivity (Wildman–Crippen MR) is 77.5 cm³/mol. The lowest BCUT2D eigenvalue weighted by molar-refractivity contribution is 0.772. The molecular formula is C14H18ClN3. The van der Waals surface area contributed by atoms with E-state index in [1.54, 1.807) is 0 Å². The zero-order valence-electron chi connectivity index (χ0n) is 10.9. The SMILES string of the molecule is CCN(CCCCl)c1nnc(C)c2ccccc12. The smallest absolute Gasteiger partial charge is 0.159 e. The summed E-state index contributed by atoms with van der Waals surface area (Å²) in [6.07, 6.45) is 0.958. The van der Waals surface area contributed by atoms with E-state index in [1.165, 1.54) is 10.8 Å². The van der Waals surface area contributed by atoms with Crippen LogP contribution in [0.4, 0.5) is 5.82 Å². The lowest BCUT2D eigenvalue weighted by atomic mass is 10.1. The van der Waals surface area contributed by atoms with Crippen LogP contribution in [0.1, 0.15) is 19.0 Å². The van der Waals surface area contributed by atoms with Crippen LogP contribution in [0.15, 0.2) is 24.3 Å². The molecule has 0 saturated carbocycles. The third-order valence-corrected chi connectivity index (χ3v) is 3.36. The molecule has 0 aliphatic rings. The van der Waals surface area contributed by atoms with Crippen molar-refractivity contribution in [2.45, 2.75) is 20.3 Å². The zero-order valence-corrected chi connectivity index (χ0v) is 11.6. The molecule has 0 amide bonds. The Hall–Kier alpha value is -1.35. The molecule has 0 bridgehead atoms. The third kappa shape index (κ3) is 2.56. The fraction of sp³-hybridized carbons (Fsp3) is 0.429. The van der Waals surface area contributed by atoms with E-state index >= 15 is 0 Å². The van der Waals surface area contributed by atoms with E-state index in [0.29, 0.717) is 5.88 Å². The first-order chi connectivity index (χ1) is 8.77. The Kier molecular flexibility index (Phi) is 4.37. The first kappa shape index (κ1) is 13.1. The molecule has 3 nitrogen and oxygen atoms in total.